The van der Waals surface area contributed by atoms with Gasteiger partial charge in [0.15, 0.2) is 4.77 Å². The Kier molecular flexibility index (Phi) is 5.36. The molecule has 0 fully saturated rings. The van der Waals surface area contributed by atoms with Crippen LogP contribution in [-0.4, -0.2) is 22.3 Å². The number of imidazole rings is 1. The fraction of sp³-hybridized carbons (Fsp3) is 0.308. The summed E-state index contributed by atoms with van der Waals surface area (Å²) in [6.07, 6.45) is 2.97. The number of H-pyrrole nitrogens is 2. The molecule has 0 unspecified atom stereocenters. The highest BCUT2D eigenvalue weighted by molar-refractivity contribution is 7.98. The van der Waals surface area contributed by atoms with Crippen molar-refractivity contribution in [2.45, 2.75) is 12.2 Å². The topological polar surface area (TPSA) is 40.8 Å². The first kappa shape index (κ1) is 13.2. The van der Waals surface area contributed by atoms with Gasteiger partial charge >= 0.3 is 0 Å². The molecule has 0 amide bonds. The normalized spacial score (nSPS) is 10.4. The van der Waals surface area contributed by atoms with Crippen LogP contribution in [0.15, 0.2) is 36.5 Å². The Labute approximate surface area is 116 Å². The average molecular weight is 280 g/mol. The highest BCUT2D eigenvalue weighted by Gasteiger charge is 1.96. The van der Waals surface area contributed by atoms with E-state index in [-0.39, 0.29) is 0 Å². The third kappa shape index (κ3) is 4.58. The van der Waals surface area contributed by atoms with Crippen molar-refractivity contribution in [2.24, 2.45) is 0 Å². The molecule has 1 aromatic carbocycles. The van der Waals surface area contributed by atoms with Crippen LogP contribution in [0, 0.1) is 4.77 Å². The van der Waals surface area contributed by atoms with Crippen LogP contribution >= 0.6 is 24.0 Å². The number of thioether (sulfide) groups is 1. The van der Waals surface area contributed by atoms with E-state index in [0.29, 0.717) is 4.77 Å². The van der Waals surface area contributed by atoms with Crippen molar-refractivity contribution >= 4 is 24.0 Å². The second kappa shape index (κ2) is 7.28. The van der Waals surface area contributed by atoms with Gasteiger partial charge in [0, 0.05) is 17.6 Å². The maximum absolute atomic E-state index is 5.62. The summed E-state index contributed by atoms with van der Waals surface area (Å²) >= 11 is 6.84. The van der Waals surface area contributed by atoms with Crippen molar-refractivity contribution in [3.63, 3.8) is 0 Å². The molecule has 18 heavy (non-hydrogen) atoms. The lowest BCUT2D eigenvalue weighted by Gasteiger charge is -2.05. The number of rotatable bonds is 7. The summed E-state index contributed by atoms with van der Waals surface area (Å²) in [5, 5.41) is 0. The van der Waals surface area contributed by atoms with E-state index in [1.807, 2.05) is 48.3 Å². The van der Waals surface area contributed by atoms with Crippen molar-refractivity contribution in [1.82, 2.24) is 9.97 Å². The molecular formula is C13H16N2OS2. The predicted molar refractivity (Wildman–Crippen MR) is 78.7 cm³/mol. The number of benzene rings is 1. The van der Waals surface area contributed by atoms with Crippen LogP contribution in [0.2, 0.25) is 0 Å². The molecule has 0 bridgehead atoms. The predicted octanol–water partition coefficient (Wildman–Crippen LogP) is 3.77. The van der Waals surface area contributed by atoms with Gasteiger partial charge in [0.05, 0.1) is 6.61 Å². The molecule has 2 N–H and O–H groups in total. The number of aromatic amines is 2. The lowest BCUT2D eigenvalue weighted by atomic mass is 10.3. The van der Waals surface area contributed by atoms with Crippen LogP contribution in [0.25, 0.3) is 0 Å². The molecule has 0 radical (unpaired) electrons. The maximum Gasteiger partial charge on any atom is 0.174 e. The fourth-order valence-electron chi connectivity index (χ4n) is 1.50. The van der Waals surface area contributed by atoms with Crippen molar-refractivity contribution in [3.05, 3.63) is 47.0 Å². The second-order valence-corrected chi connectivity index (χ2v) is 5.35. The Hall–Kier alpha value is -1.20. The molecule has 0 saturated heterocycles. The van der Waals surface area contributed by atoms with Gasteiger partial charge in [-0.2, -0.15) is 11.8 Å². The summed E-state index contributed by atoms with van der Waals surface area (Å²) in [5.74, 6) is 2.98. The van der Waals surface area contributed by atoms with E-state index < -0.39 is 0 Å². The molecular weight excluding hydrogens is 264 g/mol. The van der Waals surface area contributed by atoms with Crippen LogP contribution in [0.4, 0.5) is 0 Å². The number of para-hydroxylation sites is 1. The van der Waals surface area contributed by atoms with E-state index >= 15 is 0 Å². The lowest BCUT2D eigenvalue weighted by molar-refractivity contribution is 0.318. The highest BCUT2D eigenvalue weighted by Crippen LogP contribution is 2.12. The number of aromatic nitrogens is 2. The zero-order chi connectivity index (χ0) is 12.6. The van der Waals surface area contributed by atoms with Gasteiger partial charge in [0.25, 0.3) is 0 Å². The molecule has 1 aromatic heterocycles. The molecule has 0 spiro atoms. The van der Waals surface area contributed by atoms with Gasteiger partial charge in [-0.05, 0) is 36.5 Å². The first-order valence-corrected chi connectivity index (χ1v) is 7.43. The minimum absolute atomic E-state index is 0.693. The van der Waals surface area contributed by atoms with Crippen molar-refractivity contribution < 1.29 is 4.74 Å². The van der Waals surface area contributed by atoms with Crippen LogP contribution in [0.5, 0.6) is 5.75 Å². The van der Waals surface area contributed by atoms with Crippen LogP contribution in [0.1, 0.15) is 12.1 Å². The fourth-order valence-corrected chi connectivity index (χ4v) is 2.53. The van der Waals surface area contributed by atoms with E-state index in [1.165, 1.54) is 0 Å². The van der Waals surface area contributed by atoms with E-state index in [4.69, 9.17) is 17.0 Å². The third-order valence-electron chi connectivity index (χ3n) is 2.35. The van der Waals surface area contributed by atoms with Gasteiger partial charge in [-0.3, -0.25) is 0 Å². The number of nitrogens with one attached hydrogen (secondary N) is 2. The molecule has 5 heteroatoms. The molecule has 0 aliphatic carbocycles. The van der Waals surface area contributed by atoms with Crippen LogP contribution < -0.4 is 4.74 Å². The molecule has 0 atom stereocenters. The first-order valence-electron chi connectivity index (χ1n) is 5.87. The summed E-state index contributed by atoms with van der Waals surface area (Å²) in [7, 11) is 0. The van der Waals surface area contributed by atoms with E-state index in [9.17, 15) is 0 Å². The summed E-state index contributed by atoms with van der Waals surface area (Å²) in [5.41, 5.74) is 1.15. The van der Waals surface area contributed by atoms with Crippen molar-refractivity contribution in [1.29, 1.82) is 0 Å². The zero-order valence-corrected chi connectivity index (χ0v) is 11.7. The van der Waals surface area contributed by atoms with Crippen molar-refractivity contribution in [2.75, 3.05) is 12.4 Å². The summed E-state index contributed by atoms with van der Waals surface area (Å²) in [6, 6.07) is 9.92. The lowest BCUT2D eigenvalue weighted by Crippen LogP contribution is -1.98. The Morgan fingerprint density at radius 3 is 2.78 bits per heavy atom. The Balaban J connectivity index is 1.55. The molecule has 0 aliphatic rings. The number of ether oxygens (including phenoxy) is 1. The quantitative estimate of drug-likeness (QED) is 0.599. The largest absolute Gasteiger partial charge is 0.494 e. The molecule has 3 nitrogen and oxygen atoms in total. The molecule has 96 valence electrons. The zero-order valence-electron chi connectivity index (χ0n) is 10.0. The first-order chi connectivity index (χ1) is 8.84. The van der Waals surface area contributed by atoms with Gasteiger partial charge in [0.1, 0.15) is 5.75 Å². The van der Waals surface area contributed by atoms with E-state index in [0.717, 1.165) is 36.0 Å². The molecule has 2 rings (SSSR count). The van der Waals surface area contributed by atoms with Gasteiger partial charge in [-0.25, -0.2) is 0 Å². The SMILES string of the molecule is S=c1[nH]cc(CSCCCOc2ccccc2)[nH]1. The van der Waals surface area contributed by atoms with Gasteiger partial charge in [-0.1, -0.05) is 18.2 Å². The third-order valence-corrected chi connectivity index (χ3v) is 3.67. The second-order valence-electron chi connectivity index (χ2n) is 3.84. The monoisotopic (exact) mass is 280 g/mol. The smallest absolute Gasteiger partial charge is 0.174 e. The van der Waals surface area contributed by atoms with Gasteiger partial charge in [0.2, 0.25) is 0 Å². The maximum atomic E-state index is 5.62. The van der Waals surface area contributed by atoms with E-state index in [1.54, 1.807) is 0 Å². The van der Waals surface area contributed by atoms with Crippen LogP contribution in [-0.2, 0) is 5.75 Å². The van der Waals surface area contributed by atoms with Gasteiger partial charge in [-0.15, -0.1) is 0 Å². The number of hydrogen-bond donors (Lipinski definition) is 2. The standard InChI is InChI=1S/C13H16N2OS2/c17-13-14-9-11(15-13)10-18-8-4-7-16-12-5-2-1-3-6-12/h1-3,5-6,9H,4,7-8,10H2,(H2,14,15,17). The molecule has 0 saturated carbocycles. The van der Waals surface area contributed by atoms with Gasteiger partial charge < -0.3 is 14.7 Å². The Morgan fingerprint density at radius 2 is 2.06 bits per heavy atom. The average Bonchev–Trinajstić information content (AvgIpc) is 2.81. The Morgan fingerprint density at radius 1 is 1.22 bits per heavy atom. The minimum Gasteiger partial charge on any atom is -0.494 e. The molecule has 2 aromatic rings. The summed E-state index contributed by atoms with van der Waals surface area (Å²) in [6.45, 7) is 0.764. The highest BCUT2D eigenvalue weighted by atomic mass is 32.2. The summed E-state index contributed by atoms with van der Waals surface area (Å²) in [4.78, 5) is 6.06. The summed E-state index contributed by atoms with van der Waals surface area (Å²) < 4.78 is 6.31. The van der Waals surface area contributed by atoms with Crippen molar-refractivity contribution in [3.8, 4) is 5.75 Å². The van der Waals surface area contributed by atoms with E-state index in [2.05, 4.69) is 9.97 Å². The van der Waals surface area contributed by atoms with Crippen LogP contribution in [0.3, 0.4) is 0 Å². The number of hydrogen-bond acceptors (Lipinski definition) is 3. The minimum atomic E-state index is 0.693. The molecule has 1 heterocycles. The Bertz CT molecular complexity index is 507. The molecule has 0 aliphatic heterocycles.